The topological polar surface area (TPSA) is 104 Å². The predicted octanol–water partition coefficient (Wildman–Crippen LogP) is -0.771. The lowest BCUT2D eigenvalue weighted by atomic mass is 9.82. The first-order valence-corrected chi connectivity index (χ1v) is 6.17. The third-order valence-electron chi connectivity index (χ3n) is 4.03. The van der Waals surface area contributed by atoms with Crippen LogP contribution < -0.4 is 0 Å². The van der Waals surface area contributed by atoms with Crippen LogP contribution in [0.2, 0.25) is 0 Å². The molecule has 2 rings (SSSR count). The number of carbonyl (C=O) groups is 3. The number of carboxylic acid groups (broad SMARTS) is 1. The van der Waals surface area contributed by atoms with Crippen molar-refractivity contribution in [3.63, 3.8) is 0 Å². The number of fused-ring (bicyclic) bond motifs is 1. The lowest BCUT2D eigenvalue weighted by Crippen LogP contribution is -2.67. The molecule has 2 aliphatic heterocycles. The van der Waals surface area contributed by atoms with E-state index < -0.39 is 48.1 Å². The van der Waals surface area contributed by atoms with Gasteiger partial charge in [-0.1, -0.05) is 6.92 Å². The summed E-state index contributed by atoms with van der Waals surface area (Å²) in [5, 5.41) is 19.2. The van der Waals surface area contributed by atoms with Crippen molar-refractivity contribution in [2.75, 3.05) is 0 Å². The van der Waals surface area contributed by atoms with Crippen LogP contribution in [-0.4, -0.2) is 57.3 Å². The zero-order valence-electron chi connectivity index (χ0n) is 10.9. The summed E-state index contributed by atoms with van der Waals surface area (Å²) >= 11 is 0. The minimum Gasteiger partial charge on any atom is -0.480 e. The molecule has 0 spiro atoms. The average molecular weight is 271 g/mol. The van der Waals surface area contributed by atoms with Gasteiger partial charge < -0.3 is 19.8 Å². The molecule has 2 heterocycles. The molecule has 0 aliphatic carbocycles. The van der Waals surface area contributed by atoms with Crippen molar-refractivity contribution in [1.29, 1.82) is 0 Å². The van der Waals surface area contributed by atoms with Gasteiger partial charge in [0.25, 0.3) is 0 Å². The summed E-state index contributed by atoms with van der Waals surface area (Å²) in [5.41, 5.74) is 0. The number of esters is 1. The van der Waals surface area contributed by atoms with Gasteiger partial charge in [-0.3, -0.25) is 9.59 Å². The van der Waals surface area contributed by atoms with Gasteiger partial charge >= 0.3 is 11.9 Å². The van der Waals surface area contributed by atoms with Crippen LogP contribution in [-0.2, 0) is 19.1 Å². The fourth-order valence-electron chi connectivity index (χ4n) is 3.16. The number of aliphatic carboxylic acids is 1. The van der Waals surface area contributed by atoms with Crippen molar-refractivity contribution in [2.24, 2.45) is 11.8 Å². The molecule has 6 atom stereocenters. The van der Waals surface area contributed by atoms with E-state index in [1.54, 1.807) is 13.8 Å². The van der Waals surface area contributed by atoms with Crippen LogP contribution in [0.4, 0.5) is 0 Å². The van der Waals surface area contributed by atoms with Crippen LogP contribution in [0.25, 0.3) is 0 Å². The standard InChI is InChI=1S/C12H17NO6/c1-4-8(12(17)18)13-9(10(4)15)7(11(13)16)5(2)19-6(3)14/h4-5,7-10,15H,1-3H3,(H,17,18)/t4?,5?,7?,8?,9-,10?/m0/s1. The largest absolute Gasteiger partial charge is 0.480 e. The summed E-state index contributed by atoms with van der Waals surface area (Å²) in [6, 6.07) is -1.59. The molecular weight excluding hydrogens is 254 g/mol. The summed E-state index contributed by atoms with van der Waals surface area (Å²) < 4.78 is 4.97. The van der Waals surface area contributed by atoms with Crippen molar-refractivity contribution < 1.29 is 29.3 Å². The van der Waals surface area contributed by atoms with Gasteiger partial charge in [0.1, 0.15) is 12.1 Å². The molecule has 0 saturated carbocycles. The van der Waals surface area contributed by atoms with Crippen LogP contribution in [0, 0.1) is 11.8 Å². The maximum Gasteiger partial charge on any atom is 0.326 e. The number of nitrogens with zero attached hydrogens (tertiary/aromatic N) is 1. The predicted molar refractivity (Wildman–Crippen MR) is 61.9 cm³/mol. The Morgan fingerprint density at radius 3 is 2.47 bits per heavy atom. The molecule has 2 fully saturated rings. The fourth-order valence-corrected chi connectivity index (χ4v) is 3.16. The van der Waals surface area contributed by atoms with E-state index in [0.29, 0.717) is 0 Å². The van der Waals surface area contributed by atoms with Gasteiger partial charge in [-0.25, -0.2) is 4.79 Å². The van der Waals surface area contributed by atoms with E-state index in [2.05, 4.69) is 0 Å². The number of hydrogen-bond donors (Lipinski definition) is 2. The highest BCUT2D eigenvalue weighted by atomic mass is 16.5. The average Bonchev–Trinajstić information content (AvgIpc) is 2.49. The maximum atomic E-state index is 12.0. The van der Waals surface area contributed by atoms with Crippen molar-refractivity contribution in [2.45, 2.75) is 45.1 Å². The quantitative estimate of drug-likeness (QED) is 0.516. The molecule has 0 aromatic rings. The molecule has 7 nitrogen and oxygen atoms in total. The molecular formula is C12H17NO6. The van der Waals surface area contributed by atoms with E-state index in [9.17, 15) is 19.5 Å². The Morgan fingerprint density at radius 1 is 1.42 bits per heavy atom. The van der Waals surface area contributed by atoms with Crippen molar-refractivity contribution >= 4 is 17.8 Å². The van der Waals surface area contributed by atoms with E-state index in [-0.39, 0.29) is 5.91 Å². The van der Waals surface area contributed by atoms with Crippen molar-refractivity contribution in [3.05, 3.63) is 0 Å². The Balaban J connectivity index is 2.20. The summed E-state index contributed by atoms with van der Waals surface area (Å²) in [4.78, 5) is 35.3. The lowest BCUT2D eigenvalue weighted by molar-refractivity contribution is -0.178. The number of aliphatic hydroxyl groups is 1. The number of carboxylic acids is 1. The minimum absolute atomic E-state index is 0.380. The molecule has 19 heavy (non-hydrogen) atoms. The molecule has 5 unspecified atom stereocenters. The van der Waals surface area contributed by atoms with Gasteiger partial charge in [0.05, 0.1) is 18.1 Å². The second kappa shape index (κ2) is 4.48. The third kappa shape index (κ3) is 1.88. The Labute approximate surface area is 110 Å². The van der Waals surface area contributed by atoms with Gasteiger partial charge in [0, 0.05) is 12.8 Å². The Hall–Kier alpha value is -1.63. The molecule has 0 aromatic heterocycles. The number of ether oxygens (including phenoxy) is 1. The van der Waals surface area contributed by atoms with Crippen LogP contribution >= 0.6 is 0 Å². The molecule has 2 N–H and O–H groups in total. The smallest absolute Gasteiger partial charge is 0.326 e. The van der Waals surface area contributed by atoms with Gasteiger partial charge in [-0.05, 0) is 6.92 Å². The summed E-state index contributed by atoms with van der Waals surface area (Å²) in [6.45, 7) is 4.42. The molecule has 0 aromatic carbocycles. The monoisotopic (exact) mass is 271 g/mol. The first kappa shape index (κ1) is 13.8. The fraction of sp³-hybridized carbons (Fsp3) is 0.750. The highest BCUT2D eigenvalue weighted by Gasteiger charge is 2.65. The van der Waals surface area contributed by atoms with E-state index in [1.165, 1.54) is 11.8 Å². The summed E-state index contributed by atoms with van der Waals surface area (Å²) in [5.74, 6) is -3.21. The molecule has 0 radical (unpaired) electrons. The van der Waals surface area contributed by atoms with Gasteiger partial charge in [0.2, 0.25) is 5.91 Å². The first-order valence-electron chi connectivity index (χ1n) is 6.17. The highest BCUT2D eigenvalue weighted by Crippen LogP contribution is 2.44. The molecule has 2 saturated heterocycles. The van der Waals surface area contributed by atoms with E-state index >= 15 is 0 Å². The Bertz CT molecular complexity index is 436. The number of hydrogen-bond acceptors (Lipinski definition) is 5. The SMILES string of the molecule is CC(=O)OC(C)C1C(=O)N2C(C(=O)O)C(C)C(O)[C@H]12. The van der Waals surface area contributed by atoms with Gasteiger partial charge in [-0.2, -0.15) is 0 Å². The second-order valence-corrected chi connectivity index (χ2v) is 5.21. The number of amides is 1. The molecule has 7 heteroatoms. The van der Waals surface area contributed by atoms with Crippen molar-refractivity contribution in [3.8, 4) is 0 Å². The second-order valence-electron chi connectivity index (χ2n) is 5.21. The minimum atomic E-state index is -1.12. The maximum absolute atomic E-state index is 12.0. The molecule has 2 aliphatic rings. The van der Waals surface area contributed by atoms with Crippen molar-refractivity contribution in [1.82, 2.24) is 4.90 Å². The van der Waals surface area contributed by atoms with Crippen LogP contribution in [0.1, 0.15) is 20.8 Å². The van der Waals surface area contributed by atoms with Crippen LogP contribution in [0.5, 0.6) is 0 Å². The van der Waals surface area contributed by atoms with Gasteiger partial charge in [0.15, 0.2) is 0 Å². The van der Waals surface area contributed by atoms with E-state index in [4.69, 9.17) is 9.84 Å². The number of rotatable bonds is 3. The highest BCUT2D eigenvalue weighted by molar-refractivity contribution is 5.93. The zero-order chi connectivity index (χ0) is 14.5. The third-order valence-corrected chi connectivity index (χ3v) is 4.03. The van der Waals surface area contributed by atoms with Crippen LogP contribution in [0.15, 0.2) is 0 Å². The number of aliphatic hydroxyl groups excluding tert-OH is 1. The lowest BCUT2D eigenvalue weighted by Gasteiger charge is -2.47. The zero-order valence-corrected chi connectivity index (χ0v) is 10.9. The Kier molecular flexibility index (Phi) is 3.25. The molecule has 0 bridgehead atoms. The number of carbonyl (C=O) groups excluding carboxylic acids is 2. The van der Waals surface area contributed by atoms with Crippen LogP contribution in [0.3, 0.4) is 0 Å². The van der Waals surface area contributed by atoms with Gasteiger partial charge in [-0.15, -0.1) is 0 Å². The normalized spacial score (nSPS) is 38.4. The van der Waals surface area contributed by atoms with E-state index in [0.717, 1.165) is 0 Å². The summed E-state index contributed by atoms with van der Waals surface area (Å²) in [7, 11) is 0. The molecule has 1 amide bonds. The van der Waals surface area contributed by atoms with E-state index in [1.807, 2.05) is 0 Å². The Morgan fingerprint density at radius 2 is 2.00 bits per heavy atom. The molecule has 106 valence electrons. The summed E-state index contributed by atoms with van der Waals surface area (Å²) in [6.07, 6.45) is -1.58. The number of β-lactam (4-membered cyclic amide) rings is 1. The first-order chi connectivity index (χ1) is 8.77.